The molecule has 0 saturated carbocycles. The maximum Gasteiger partial charge on any atom is 0.410 e. The lowest BCUT2D eigenvalue weighted by Gasteiger charge is -2.37. The lowest BCUT2D eigenvalue weighted by atomic mass is 10.1. The van der Waals surface area contributed by atoms with Gasteiger partial charge in [-0.3, -0.25) is 0 Å². The van der Waals surface area contributed by atoms with Gasteiger partial charge < -0.3 is 15.0 Å². The highest BCUT2D eigenvalue weighted by Crippen LogP contribution is 2.19. The molecular weight excluding hydrogens is 309 g/mol. The molecule has 1 aromatic carbocycles. The van der Waals surface area contributed by atoms with Crippen LogP contribution in [0.15, 0.2) is 18.2 Å². The van der Waals surface area contributed by atoms with Crippen molar-refractivity contribution in [2.75, 3.05) is 18.4 Å². The Hall–Kier alpha value is -2.29. The fraction of sp³-hybridized carbons (Fsp3) is 0.556. The molecule has 0 aliphatic carbocycles. The van der Waals surface area contributed by atoms with Crippen molar-refractivity contribution in [3.05, 3.63) is 29.6 Å². The molecule has 0 fully saturated rings. The predicted molar refractivity (Wildman–Crippen MR) is 92.3 cm³/mol. The lowest BCUT2D eigenvalue weighted by Crippen LogP contribution is -2.49. The van der Waals surface area contributed by atoms with Crippen molar-refractivity contribution in [3.8, 4) is 6.07 Å². The highest BCUT2D eigenvalue weighted by atomic mass is 19.1. The summed E-state index contributed by atoms with van der Waals surface area (Å²) in [7, 11) is 0. The largest absolute Gasteiger partial charge is 0.444 e. The molecule has 0 aliphatic heterocycles. The summed E-state index contributed by atoms with van der Waals surface area (Å²) in [6.45, 7) is 11.9. The van der Waals surface area contributed by atoms with Crippen molar-refractivity contribution >= 4 is 11.8 Å². The first kappa shape index (κ1) is 19.8. The molecule has 0 aromatic heterocycles. The Bertz CT molecular complexity index is 625. The number of amides is 1. The van der Waals surface area contributed by atoms with Crippen molar-refractivity contribution in [3.63, 3.8) is 0 Å². The maximum atomic E-state index is 13.9. The molecule has 24 heavy (non-hydrogen) atoms. The normalized spacial score (nSPS) is 11.6. The zero-order valence-corrected chi connectivity index (χ0v) is 15.2. The highest BCUT2D eigenvalue weighted by Gasteiger charge is 2.30. The maximum absolute atomic E-state index is 13.9. The first-order valence-electron chi connectivity index (χ1n) is 7.88. The van der Waals surface area contributed by atoms with Crippen LogP contribution < -0.4 is 5.32 Å². The second kappa shape index (κ2) is 7.52. The van der Waals surface area contributed by atoms with Crippen LogP contribution in [0.4, 0.5) is 14.9 Å². The molecule has 0 heterocycles. The van der Waals surface area contributed by atoms with E-state index in [1.54, 1.807) is 11.0 Å². The monoisotopic (exact) mass is 335 g/mol. The number of rotatable bonds is 4. The Labute approximate surface area is 143 Å². The minimum absolute atomic E-state index is 0.267. The average Bonchev–Trinajstić information content (AvgIpc) is 2.41. The van der Waals surface area contributed by atoms with Gasteiger partial charge in [0.15, 0.2) is 0 Å². The first-order chi connectivity index (χ1) is 10.9. The zero-order valence-electron chi connectivity index (χ0n) is 15.2. The van der Waals surface area contributed by atoms with Crippen LogP contribution in [0.5, 0.6) is 0 Å². The van der Waals surface area contributed by atoms with E-state index < -0.39 is 23.1 Å². The number of hydrogen-bond donors (Lipinski definition) is 1. The molecule has 0 bridgehead atoms. The minimum Gasteiger partial charge on any atom is -0.444 e. The number of nitrogens with zero attached hydrogens (tertiary/aromatic N) is 2. The standard InChI is InChI=1S/C18H26FN3O2/c1-17(2,3)22(16(23)24-18(4,5)6)10-9-21-15-8-7-13(12-20)11-14(15)19/h7-8,11,21H,9-10H2,1-6H3. The second-order valence-corrected chi connectivity index (χ2v) is 7.54. The molecular formula is C18H26FN3O2. The van der Waals surface area contributed by atoms with Crippen molar-refractivity contribution in [1.82, 2.24) is 4.90 Å². The Morgan fingerprint density at radius 1 is 1.29 bits per heavy atom. The predicted octanol–water partition coefficient (Wildman–Crippen LogP) is 4.14. The van der Waals surface area contributed by atoms with Crippen molar-refractivity contribution in [1.29, 1.82) is 5.26 Å². The van der Waals surface area contributed by atoms with Gasteiger partial charge in [0.25, 0.3) is 0 Å². The van der Waals surface area contributed by atoms with Crippen LogP contribution in [0.3, 0.4) is 0 Å². The molecule has 0 radical (unpaired) electrons. The number of nitriles is 1. The van der Waals surface area contributed by atoms with E-state index in [4.69, 9.17) is 10.00 Å². The van der Waals surface area contributed by atoms with Gasteiger partial charge in [0, 0.05) is 18.6 Å². The van der Waals surface area contributed by atoms with Gasteiger partial charge in [-0.2, -0.15) is 5.26 Å². The number of nitrogens with one attached hydrogen (secondary N) is 1. The molecule has 132 valence electrons. The summed E-state index contributed by atoms with van der Waals surface area (Å²) in [6, 6.07) is 6.13. The summed E-state index contributed by atoms with van der Waals surface area (Å²) in [4.78, 5) is 14.0. The van der Waals surface area contributed by atoms with Crippen molar-refractivity contribution < 1.29 is 13.9 Å². The van der Waals surface area contributed by atoms with Gasteiger partial charge >= 0.3 is 6.09 Å². The van der Waals surface area contributed by atoms with E-state index in [1.807, 2.05) is 47.6 Å². The molecule has 0 spiro atoms. The Kier molecular flexibility index (Phi) is 6.19. The van der Waals surface area contributed by atoms with Gasteiger partial charge in [0.2, 0.25) is 0 Å². The fourth-order valence-electron chi connectivity index (χ4n) is 2.05. The van der Waals surface area contributed by atoms with Gasteiger partial charge in [-0.05, 0) is 59.7 Å². The number of hydrogen-bond acceptors (Lipinski definition) is 4. The molecule has 1 amide bonds. The molecule has 0 aliphatic rings. The summed E-state index contributed by atoms with van der Waals surface area (Å²) >= 11 is 0. The Morgan fingerprint density at radius 3 is 2.38 bits per heavy atom. The smallest absolute Gasteiger partial charge is 0.410 e. The number of carbonyl (C=O) groups is 1. The minimum atomic E-state index is -0.576. The summed E-state index contributed by atoms with van der Waals surface area (Å²) in [5, 5.41) is 11.7. The van der Waals surface area contributed by atoms with E-state index in [0.29, 0.717) is 18.8 Å². The Balaban J connectivity index is 2.73. The summed E-state index contributed by atoms with van der Waals surface area (Å²) in [5.41, 5.74) is -0.435. The highest BCUT2D eigenvalue weighted by molar-refractivity contribution is 5.69. The third kappa shape index (κ3) is 6.07. The van der Waals surface area contributed by atoms with E-state index in [0.717, 1.165) is 0 Å². The van der Waals surface area contributed by atoms with E-state index in [9.17, 15) is 9.18 Å². The van der Waals surface area contributed by atoms with Crippen LogP contribution in [-0.2, 0) is 4.74 Å². The van der Waals surface area contributed by atoms with E-state index >= 15 is 0 Å². The van der Waals surface area contributed by atoms with Gasteiger partial charge in [-0.25, -0.2) is 9.18 Å². The quantitative estimate of drug-likeness (QED) is 0.898. The number of ether oxygens (including phenoxy) is 1. The molecule has 0 unspecified atom stereocenters. The van der Waals surface area contributed by atoms with Crippen LogP contribution in [0, 0.1) is 17.1 Å². The Morgan fingerprint density at radius 2 is 1.92 bits per heavy atom. The first-order valence-corrected chi connectivity index (χ1v) is 7.88. The average molecular weight is 335 g/mol. The summed E-state index contributed by atoms with van der Waals surface area (Å²) in [6.07, 6.45) is -0.405. The summed E-state index contributed by atoms with van der Waals surface area (Å²) < 4.78 is 19.3. The molecule has 0 saturated heterocycles. The topological polar surface area (TPSA) is 65.4 Å². The van der Waals surface area contributed by atoms with Crippen LogP contribution in [0.25, 0.3) is 0 Å². The molecule has 5 nitrogen and oxygen atoms in total. The lowest BCUT2D eigenvalue weighted by molar-refractivity contribution is 0.00749. The van der Waals surface area contributed by atoms with E-state index in [1.165, 1.54) is 12.1 Å². The van der Waals surface area contributed by atoms with Crippen LogP contribution in [-0.4, -0.2) is 35.2 Å². The second-order valence-electron chi connectivity index (χ2n) is 7.54. The molecule has 1 N–H and O–H groups in total. The molecule has 1 rings (SSSR count). The molecule has 0 atom stereocenters. The van der Waals surface area contributed by atoms with Gasteiger partial charge in [0.1, 0.15) is 11.4 Å². The van der Waals surface area contributed by atoms with Gasteiger partial charge in [0.05, 0.1) is 17.3 Å². The third-order valence-corrected chi connectivity index (χ3v) is 3.17. The van der Waals surface area contributed by atoms with Crippen LogP contribution in [0.1, 0.15) is 47.1 Å². The van der Waals surface area contributed by atoms with E-state index in [2.05, 4.69) is 5.32 Å². The molecule has 1 aromatic rings. The van der Waals surface area contributed by atoms with Gasteiger partial charge in [-0.1, -0.05) is 0 Å². The SMILES string of the molecule is CC(C)(C)OC(=O)N(CCNc1ccc(C#N)cc1F)C(C)(C)C. The van der Waals surface area contributed by atoms with Crippen LogP contribution >= 0.6 is 0 Å². The summed E-state index contributed by atoms with van der Waals surface area (Å²) in [5.74, 6) is -0.492. The van der Waals surface area contributed by atoms with E-state index in [-0.39, 0.29) is 5.56 Å². The van der Waals surface area contributed by atoms with Crippen LogP contribution in [0.2, 0.25) is 0 Å². The number of carbonyl (C=O) groups excluding carboxylic acids is 1. The number of anilines is 1. The number of halogens is 1. The third-order valence-electron chi connectivity index (χ3n) is 3.17. The van der Waals surface area contributed by atoms with Crippen molar-refractivity contribution in [2.24, 2.45) is 0 Å². The van der Waals surface area contributed by atoms with Crippen molar-refractivity contribution in [2.45, 2.75) is 52.7 Å². The number of benzene rings is 1. The molecule has 6 heteroatoms. The fourth-order valence-corrected chi connectivity index (χ4v) is 2.05. The van der Waals surface area contributed by atoms with Gasteiger partial charge in [-0.15, -0.1) is 0 Å². The zero-order chi connectivity index (χ0) is 18.5.